The molecule has 0 radical (unpaired) electrons. The van der Waals surface area contributed by atoms with Gasteiger partial charge in [0.25, 0.3) is 0 Å². The predicted octanol–water partition coefficient (Wildman–Crippen LogP) is 3.80. The van der Waals surface area contributed by atoms with E-state index in [9.17, 15) is 8.78 Å². The molecule has 0 aliphatic carbocycles. The standard InChI is InChI=1S/C14H15F2NOS/c1-8-6-7-19-14(8)13(9(2)17)18-11-5-3-4-10(15)12(11)16/h3-7,9,13H,17H2,1-2H3. The zero-order chi connectivity index (χ0) is 14.0. The third kappa shape index (κ3) is 2.93. The highest BCUT2D eigenvalue weighted by molar-refractivity contribution is 7.10. The van der Waals surface area contributed by atoms with Crippen molar-refractivity contribution >= 4 is 11.3 Å². The van der Waals surface area contributed by atoms with Gasteiger partial charge in [-0.05, 0) is 43.0 Å². The summed E-state index contributed by atoms with van der Waals surface area (Å²) in [5.41, 5.74) is 6.93. The smallest absolute Gasteiger partial charge is 0.200 e. The first-order chi connectivity index (χ1) is 9.00. The van der Waals surface area contributed by atoms with Crippen LogP contribution in [0.1, 0.15) is 23.5 Å². The molecule has 102 valence electrons. The van der Waals surface area contributed by atoms with Crippen LogP contribution in [-0.2, 0) is 0 Å². The fourth-order valence-corrected chi connectivity index (χ4v) is 2.86. The van der Waals surface area contributed by atoms with Crippen molar-refractivity contribution in [3.05, 3.63) is 51.7 Å². The van der Waals surface area contributed by atoms with E-state index >= 15 is 0 Å². The Morgan fingerprint density at radius 1 is 1.26 bits per heavy atom. The predicted molar refractivity (Wildman–Crippen MR) is 72.4 cm³/mol. The van der Waals surface area contributed by atoms with Crippen molar-refractivity contribution in [2.45, 2.75) is 26.0 Å². The van der Waals surface area contributed by atoms with E-state index in [1.54, 1.807) is 6.92 Å². The van der Waals surface area contributed by atoms with Gasteiger partial charge in [-0.15, -0.1) is 11.3 Å². The zero-order valence-electron chi connectivity index (χ0n) is 10.7. The van der Waals surface area contributed by atoms with E-state index in [4.69, 9.17) is 10.5 Å². The lowest BCUT2D eigenvalue weighted by molar-refractivity contribution is 0.173. The minimum Gasteiger partial charge on any atom is -0.480 e. The number of aryl methyl sites for hydroxylation is 1. The Kier molecular flexibility index (Phi) is 4.17. The Hall–Kier alpha value is -1.46. The molecule has 0 amide bonds. The van der Waals surface area contributed by atoms with Crippen LogP contribution in [0.25, 0.3) is 0 Å². The summed E-state index contributed by atoms with van der Waals surface area (Å²) in [7, 11) is 0. The summed E-state index contributed by atoms with van der Waals surface area (Å²) in [6.45, 7) is 3.72. The molecular weight excluding hydrogens is 268 g/mol. The van der Waals surface area contributed by atoms with Gasteiger partial charge in [0.05, 0.1) is 0 Å². The van der Waals surface area contributed by atoms with Crippen molar-refractivity contribution in [1.29, 1.82) is 0 Å². The molecule has 2 unspecified atom stereocenters. The van der Waals surface area contributed by atoms with Gasteiger partial charge < -0.3 is 10.5 Å². The first-order valence-corrected chi connectivity index (χ1v) is 6.79. The van der Waals surface area contributed by atoms with E-state index in [1.165, 1.54) is 23.5 Å². The first-order valence-electron chi connectivity index (χ1n) is 5.91. The topological polar surface area (TPSA) is 35.2 Å². The summed E-state index contributed by atoms with van der Waals surface area (Å²) >= 11 is 1.49. The van der Waals surface area contributed by atoms with Crippen LogP contribution in [0.4, 0.5) is 8.78 Å². The molecule has 0 fully saturated rings. The maximum Gasteiger partial charge on any atom is 0.200 e. The van der Waals surface area contributed by atoms with E-state index in [0.717, 1.165) is 16.5 Å². The molecule has 2 rings (SSSR count). The maximum absolute atomic E-state index is 13.6. The SMILES string of the molecule is Cc1ccsc1C(Oc1cccc(F)c1F)C(C)N. The number of hydrogen-bond acceptors (Lipinski definition) is 3. The Bertz CT molecular complexity index is 568. The molecular formula is C14H15F2NOS. The van der Waals surface area contributed by atoms with Gasteiger partial charge in [-0.3, -0.25) is 0 Å². The summed E-state index contributed by atoms with van der Waals surface area (Å²) < 4.78 is 32.4. The van der Waals surface area contributed by atoms with Crippen molar-refractivity contribution < 1.29 is 13.5 Å². The van der Waals surface area contributed by atoms with Gasteiger partial charge in [0.2, 0.25) is 5.82 Å². The second-order valence-corrected chi connectivity index (χ2v) is 5.37. The molecule has 1 aromatic carbocycles. The van der Waals surface area contributed by atoms with Crippen molar-refractivity contribution in [2.75, 3.05) is 0 Å². The monoisotopic (exact) mass is 283 g/mol. The molecule has 2 N–H and O–H groups in total. The Labute approximate surface area is 114 Å². The van der Waals surface area contributed by atoms with Crippen LogP contribution in [-0.4, -0.2) is 6.04 Å². The number of benzene rings is 1. The lowest BCUT2D eigenvalue weighted by Gasteiger charge is -2.22. The largest absolute Gasteiger partial charge is 0.480 e. The van der Waals surface area contributed by atoms with E-state index in [0.29, 0.717) is 0 Å². The summed E-state index contributed by atoms with van der Waals surface area (Å²) in [5.74, 6) is -2.03. The van der Waals surface area contributed by atoms with Crippen LogP contribution >= 0.6 is 11.3 Å². The number of hydrogen-bond donors (Lipinski definition) is 1. The van der Waals surface area contributed by atoms with E-state index in [-0.39, 0.29) is 11.8 Å². The van der Waals surface area contributed by atoms with Gasteiger partial charge in [-0.2, -0.15) is 4.39 Å². The van der Waals surface area contributed by atoms with E-state index < -0.39 is 17.7 Å². The second-order valence-electron chi connectivity index (χ2n) is 4.42. The van der Waals surface area contributed by atoms with Gasteiger partial charge in [0.1, 0.15) is 6.10 Å². The fourth-order valence-electron chi connectivity index (χ4n) is 1.79. The molecule has 0 spiro atoms. The summed E-state index contributed by atoms with van der Waals surface area (Å²) in [6, 6.07) is 5.48. The first kappa shape index (κ1) is 14.0. The zero-order valence-corrected chi connectivity index (χ0v) is 11.5. The van der Waals surface area contributed by atoms with Gasteiger partial charge in [0.15, 0.2) is 11.6 Å². The molecule has 0 saturated heterocycles. The fraction of sp³-hybridized carbons (Fsp3) is 0.286. The van der Waals surface area contributed by atoms with Crippen molar-refractivity contribution in [2.24, 2.45) is 5.73 Å². The minimum absolute atomic E-state index is 0.116. The summed E-state index contributed by atoms with van der Waals surface area (Å²) in [5, 5.41) is 1.92. The van der Waals surface area contributed by atoms with Gasteiger partial charge in [-0.1, -0.05) is 6.07 Å². The number of rotatable bonds is 4. The highest BCUT2D eigenvalue weighted by Crippen LogP contribution is 2.32. The molecule has 1 aromatic heterocycles. The number of halogens is 2. The lowest BCUT2D eigenvalue weighted by Crippen LogP contribution is -2.29. The Balaban J connectivity index is 2.32. The number of ether oxygens (including phenoxy) is 1. The van der Waals surface area contributed by atoms with Gasteiger partial charge in [0, 0.05) is 10.9 Å². The van der Waals surface area contributed by atoms with Crippen molar-refractivity contribution in [1.82, 2.24) is 0 Å². The van der Waals surface area contributed by atoms with E-state index in [1.807, 2.05) is 18.4 Å². The Morgan fingerprint density at radius 2 is 2.00 bits per heavy atom. The highest BCUT2D eigenvalue weighted by atomic mass is 32.1. The van der Waals surface area contributed by atoms with Crippen LogP contribution in [0.15, 0.2) is 29.6 Å². The van der Waals surface area contributed by atoms with Crippen LogP contribution in [0.2, 0.25) is 0 Å². The van der Waals surface area contributed by atoms with Gasteiger partial charge >= 0.3 is 0 Å². The van der Waals surface area contributed by atoms with Crippen molar-refractivity contribution in [3.63, 3.8) is 0 Å². The highest BCUT2D eigenvalue weighted by Gasteiger charge is 2.23. The van der Waals surface area contributed by atoms with Crippen LogP contribution < -0.4 is 10.5 Å². The minimum atomic E-state index is -0.984. The Morgan fingerprint density at radius 3 is 2.58 bits per heavy atom. The molecule has 0 bridgehead atoms. The average Bonchev–Trinajstić information content (AvgIpc) is 2.77. The van der Waals surface area contributed by atoms with E-state index in [2.05, 4.69) is 0 Å². The van der Waals surface area contributed by atoms with Crippen LogP contribution in [0.5, 0.6) is 5.75 Å². The summed E-state index contributed by atoms with van der Waals surface area (Å²) in [4.78, 5) is 0.929. The second kappa shape index (κ2) is 5.67. The third-order valence-corrected chi connectivity index (χ3v) is 3.89. The third-order valence-electron chi connectivity index (χ3n) is 2.81. The van der Waals surface area contributed by atoms with Crippen LogP contribution in [0.3, 0.4) is 0 Å². The average molecular weight is 283 g/mol. The summed E-state index contributed by atoms with van der Waals surface area (Å²) in [6.07, 6.45) is -0.490. The molecule has 2 atom stereocenters. The normalized spacial score (nSPS) is 14.2. The molecule has 0 aliphatic heterocycles. The quantitative estimate of drug-likeness (QED) is 0.926. The van der Waals surface area contributed by atoms with Crippen molar-refractivity contribution in [3.8, 4) is 5.75 Å². The molecule has 2 aromatic rings. The lowest BCUT2D eigenvalue weighted by atomic mass is 10.1. The number of nitrogens with two attached hydrogens (primary N) is 1. The van der Waals surface area contributed by atoms with Crippen LogP contribution in [0, 0.1) is 18.6 Å². The maximum atomic E-state index is 13.6. The molecule has 19 heavy (non-hydrogen) atoms. The molecule has 2 nitrogen and oxygen atoms in total. The molecule has 5 heteroatoms. The molecule has 0 aliphatic rings. The van der Waals surface area contributed by atoms with Gasteiger partial charge in [-0.25, -0.2) is 4.39 Å². The number of thiophene rings is 1. The molecule has 0 saturated carbocycles. The molecule has 1 heterocycles.